The van der Waals surface area contributed by atoms with Crippen molar-refractivity contribution in [1.82, 2.24) is 5.32 Å². The number of sulfonamides is 1. The molecule has 6 heteroatoms. The van der Waals surface area contributed by atoms with E-state index in [0.29, 0.717) is 5.69 Å². The van der Waals surface area contributed by atoms with Crippen molar-refractivity contribution in [2.45, 2.75) is 45.1 Å². The minimum Gasteiger partial charge on any atom is -0.348 e. The van der Waals surface area contributed by atoms with Crippen LogP contribution in [0.2, 0.25) is 0 Å². The van der Waals surface area contributed by atoms with Gasteiger partial charge in [-0.25, -0.2) is 8.42 Å². The van der Waals surface area contributed by atoms with Crippen LogP contribution in [0.3, 0.4) is 0 Å². The lowest BCUT2D eigenvalue weighted by atomic mass is 10.1. The standard InChI is InChI=1S/C26H30N2O3S/c1-5-22-10-12-23(13-11-22)21(4)27-26(29)18-28(24-14-6-19(2)7-15-24)32(30,31)25-16-8-20(3)9-17-25/h6-17,21H,5,18H2,1-4H3,(H,27,29). The molecule has 32 heavy (non-hydrogen) atoms. The van der Waals surface area contributed by atoms with Gasteiger partial charge in [0, 0.05) is 0 Å². The maximum Gasteiger partial charge on any atom is 0.264 e. The van der Waals surface area contributed by atoms with Gasteiger partial charge in [-0.2, -0.15) is 0 Å². The highest BCUT2D eigenvalue weighted by atomic mass is 32.2. The predicted molar refractivity (Wildman–Crippen MR) is 129 cm³/mol. The number of benzene rings is 3. The number of nitrogens with one attached hydrogen (secondary N) is 1. The highest BCUT2D eigenvalue weighted by Gasteiger charge is 2.27. The zero-order chi connectivity index (χ0) is 23.3. The molecule has 0 aliphatic rings. The van der Waals surface area contributed by atoms with Gasteiger partial charge in [0.1, 0.15) is 6.54 Å². The van der Waals surface area contributed by atoms with E-state index in [1.165, 1.54) is 9.87 Å². The number of rotatable bonds is 8. The zero-order valence-electron chi connectivity index (χ0n) is 19.0. The van der Waals surface area contributed by atoms with Gasteiger partial charge < -0.3 is 5.32 Å². The molecule has 5 nitrogen and oxygen atoms in total. The summed E-state index contributed by atoms with van der Waals surface area (Å²) in [5.41, 5.74) is 4.62. The van der Waals surface area contributed by atoms with Crippen LogP contribution in [-0.2, 0) is 21.2 Å². The van der Waals surface area contributed by atoms with Crippen molar-refractivity contribution in [2.75, 3.05) is 10.8 Å². The number of hydrogen-bond acceptors (Lipinski definition) is 3. The smallest absolute Gasteiger partial charge is 0.264 e. The summed E-state index contributed by atoms with van der Waals surface area (Å²) in [5, 5.41) is 2.93. The van der Waals surface area contributed by atoms with E-state index in [4.69, 9.17) is 0 Å². The van der Waals surface area contributed by atoms with Gasteiger partial charge in [-0.1, -0.05) is 66.6 Å². The molecule has 0 radical (unpaired) electrons. The van der Waals surface area contributed by atoms with E-state index in [0.717, 1.165) is 23.1 Å². The SMILES string of the molecule is CCc1ccc(C(C)NC(=O)CN(c2ccc(C)cc2)S(=O)(=O)c2ccc(C)cc2)cc1. The molecule has 0 saturated carbocycles. The van der Waals surface area contributed by atoms with E-state index in [-0.39, 0.29) is 23.4 Å². The highest BCUT2D eigenvalue weighted by Crippen LogP contribution is 2.24. The Morgan fingerprint density at radius 1 is 0.875 bits per heavy atom. The largest absolute Gasteiger partial charge is 0.348 e. The summed E-state index contributed by atoms with van der Waals surface area (Å²) in [7, 11) is -3.92. The number of amides is 1. The fourth-order valence-corrected chi connectivity index (χ4v) is 4.83. The number of aryl methyl sites for hydroxylation is 3. The first-order valence-corrected chi connectivity index (χ1v) is 12.2. The third-order valence-electron chi connectivity index (χ3n) is 5.48. The summed E-state index contributed by atoms with van der Waals surface area (Å²) in [4.78, 5) is 13.1. The molecule has 3 rings (SSSR count). The van der Waals surface area contributed by atoms with Crippen LogP contribution in [0.5, 0.6) is 0 Å². The number of carbonyl (C=O) groups is 1. The molecule has 3 aromatic carbocycles. The van der Waals surface area contributed by atoms with Crippen molar-refractivity contribution in [3.63, 3.8) is 0 Å². The van der Waals surface area contributed by atoms with Crippen LogP contribution in [0.1, 0.15) is 42.1 Å². The number of nitrogens with zero attached hydrogens (tertiary/aromatic N) is 1. The van der Waals surface area contributed by atoms with Gasteiger partial charge in [-0.05, 0) is 62.6 Å². The number of anilines is 1. The van der Waals surface area contributed by atoms with E-state index in [1.807, 2.05) is 57.2 Å². The molecule has 3 aromatic rings. The molecule has 0 aromatic heterocycles. The van der Waals surface area contributed by atoms with Crippen LogP contribution in [0, 0.1) is 13.8 Å². The molecule has 0 bridgehead atoms. The second-order valence-electron chi connectivity index (χ2n) is 8.04. The number of hydrogen-bond donors (Lipinski definition) is 1. The average Bonchev–Trinajstić information content (AvgIpc) is 2.78. The summed E-state index contributed by atoms with van der Waals surface area (Å²) >= 11 is 0. The second kappa shape index (κ2) is 10.0. The summed E-state index contributed by atoms with van der Waals surface area (Å²) < 4.78 is 28.0. The summed E-state index contributed by atoms with van der Waals surface area (Å²) in [5.74, 6) is -0.367. The maximum absolute atomic E-state index is 13.4. The monoisotopic (exact) mass is 450 g/mol. The lowest BCUT2D eigenvalue weighted by Gasteiger charge is -2.25. The molecule has 1 atom stereocenters. The fraction of sp³-hybridized carbons (Fsp3) is 0.269. The van der Waals surface area contributed by atoms with Gasteiger partial charge >= 0.3 is 0 Å². The van der Waals surface area contributed by atoms with E-state index in [1.54, 1.807) is 36.4 Å². The number of carbonyl (C=O) groups excluding carboxylic acids is 1. The molecule has 1 N–H and O–H groups in total. The van der Waals surface area contributed by atoms with Crippen molar-refractivity contribution < 1.29 is 13.2 Å². The van der Waals surface area contributed by atoms with Crippen molar-refractivity contribution in [3.05, 3.63) is 95.1 Å². The third-order valence-corrected chi connectivity index (χ3v) is 7.27. The summed E-state index contributed by atoms with van der Waals surface area (Å²) in [6, 6.07) is 21.6. The first kappa shape index (κ1) is 23.5. The normalized spacial score (nSPS) is 12.2. The molecule has 168 valence electrons. The van der Waals surface area contributed by atoms with Gasteiger partial charge in [0.2, 0.25) is 5.91 Å². The van der Waals surface area contributed by atoms with Crippen LogP contribution in [0.4, 0.5) is 5.69 Å². The molecule has 0 heterocycles. The second-order valence-corrected chi connectivity index (χ2v) is 9.91. The Morgan fingerprint density at radius 2 is 1.41 bits per heavy atom. The topological polar surface area (TPSA) is 66.5 Å². The molecule has 0 aliphatic heterocycles. The van der Waals surface area contributed by atoms with Crippen LogP contribution in [-0.4, -0.2) is 20.9 Å². The highest BCUT2D eigenvalue weighted by molar-refractivity contribution is 7.92. The van der Waals surface area contributed by atoms with Gasteiger partial charge in [-0.3, -0.25) is 9.10 Å². The third kappa shape index (κ3) is 5.56. The summed E-state index contributed by atoms with van der Waals surface area (Å²) in [6.07, 6.45) is 0.948. The lowest BCUT2D eigenvalue weighted by molar-refractivity contribution is -0.120. The molecular weight excluding hydrogens is 420 g/mol. The Kier molecular flexibility index (Phi) is 7.36. The van der Waals surface area contributed by atoms with Gasteiger partial charge in [0.05, 0.1) is 16.6 Å². The average molecular weight is 451 g/mol. The molecular formula is C26H30N2O3S. The molecule has 0 fully saturated rings. The van der Waals surface area contributed by atoms with Crippen molar-refractivity contribution in [2.24, 2.45) is 0 Å². The molecule has 0 spiro atoms. The van der Waals surface area contributed by atoms with Gasteiger partial charge in [0.25, 0.3) is 10.0 Å². The lowest BCUT2D eigenvalue weighted by Crippen LogP contribution is -2.41. The van der Waals surface area contributed by atoms with Crippen LogP contribution in [0.25, 0.3) is 0 Å². The summed E-state index contributed by atoms with van der Waals surface area (Å²) in [6.45, 7) is 7.51. The van der Waals surface area contributed by atoms with Gasteiger partial charge in [-0.15, -0.1) is 0 Å². The molecule has 1 unspecified atom stereocenters. The molecule has 1 amide bonds. The Labute approximate surface area is 191 Å². The maximum atomic E-state index is 13.4. The minimum atomic E-state index is -3.92. The first-order valence-electron chi connectivity index (χ1n) is 10.7. The first-order chi connectivity index (χ1) is 15.2. The molecule has 0 saturated heterocycles. The van der Waals surface area contributed by atoms with Crippen LogP contribution in [0.15, 0.2) is 77.7 Å². The van der Waals surface area contributed by atoms with Crippen LogP contribution < -0.4 is 9.62 Å². The van der Waals surface area contributed by atoms with E-state index in [9.17, 15) is 13.2 Å². The van der Waals surface area contributed by atoms with Crippen LogP contribution >= 0.6 is 0 Å². The zero-order valence-corrected chi connectivity index (χ0v) is 19.8. The van der Waals surface area contributed by atoms with E-state index in [2.05, 4.69) is 12.2 Å². The Morgan fingerprint density at radius 3 is 1.94 bits per heavy atom. The van der Waals surface area contributed by atoms with E-state index < -0.39 is 10.0 Å². The Hall–Kier alpha value is -3.12. The minimum absolute atomic E-state index is 0.152. The quantitative estimate of drug-likeness (QED) is 0.529. The predicted octanol–water partition coefficient (Wildman–Crippen LogP) is 4.94. The Bertz CT molecular complexity index is 1150. The van der Waals surface area contributed by atoms with E-state index >= 15 is 0 Å². The van der Waals surface area contributed by atoms with Crippen molar-refractivity contribution >= 4 is 21.6 Å². The van der Waals surface area contributed by atoms with Gasteiger partial charge in [0.15, 0.2) is 0 Å². The van der Waals surface area contributed by atoms with Crippen molar-refractivity contribution in [1.29, 1.82) is 0 Å². The molecule has 0 aliphatic carbocycles. The Balaban J connectivity index is 1.85. The fourth-order valence-electron chi connectivity index (χ4n) is 3.41. The van der Waals surface area contributed by atoms with Crippen molar-refractivity contribution in [3.8, 4) is 0 Å².